The standard InChI is InChI=1S/2C7H18BN/c2*1-3-8(4-2)6-5-7-9-8/h2*3-7,9H2,1-2H3. The number of hydrogen-bond acceptors (Lipinski definition) is 0. The summed E-state index contributed by atoms with van der Waals surface area (Å²) in [4.78, 5) is 0. The van der Waals surface area contributed by atoms with E-state index in [0.717, 1.165) is 0 Å². The van der Waals surface area contributed by atoms with Crippen LogP contribution >= 0.6 is 0 Å². The molecule has 4 N–H and O–H groups in total. The van der Waals surface area contributed by atoms with Crippen molar-refractivity contribution in [3.8, 4) is 0 Å². The van der Waals surface area contributed by atoms with Gasteiger partial charge in [-0.1, -0.05) is 27.7 Å². The highest BCUT2D eigenvalue weighted by Crippen LogP contribution is 2.17. The monoisotopic (exact) mass is 254 g/mol. The van der Waals surface area contributed by atoms with Crippen LogP contribution in [0.1, 0.15) is 40.5 Å². The van der Waals surface area contributed by atoms with E-state index in [-0.39, 0.29) is 12.6 Å². The quantitative estimate of drug-likeness (QED) is 0.718. The van der Waals surface area contributed by atoms with Gasteiger partial charge >= 0.3 is 0 Å². The van der Waals surface area contributed by atoms with E-state index >= 15 is 0 Å². The first kappa shape index (κ1) is 16.1. The lowest BCUT2D eigenvalue weighted by Gasteiger charge is -2.25. The number of quaternary nitrogens is 2. The molecule has 0 unspecified atom stereocenters. The minimum absolute atomic E-state index is 0.0417. The van der Waals surface area contributed by atoms with Gasteiger partial charge in [-0.3, -0.25) is 0 Å². The first-order valence-corrected chi connectivity index (χ1v) is 8.76. The number of nitrogens with two attached hydrogens (primary N) is 2. The third-order valence-electron chi connectivity index (χ3n) is 6.55. The molecule has 0 bridgehead atoms. The molecule has 0 saturated carbocycles. The molecule has 0 atom stereocenters. The van der Waals surface area contributed by atoms with Gasteiger partial charge in [0.25, 0.3) is 0 Å². The number of hydrogen-bond donors (Lipinski definition) is 2. The molecule has 4 heteroatoms. The lowest BCUT2D eigenvalue weighted by molar-refractivity contribution is -0.521. The second kappa shape index (κ2) is 7.59. The van der Waals surface area contributed by atoms with E-state index < -0.39 is 0 Å². The van der Waals surface area contributed by atoms with E-state index in [9.17, 15) is 0 Å². The van der Waals surface area contributed by atoms with Crippen LogP contribution in [-0.2, 0) is 0 Å². The van der Waals surface area contributed by atoms with Gasteiger partial charge in [-0.05, 0) is 12.8 Å². The molecule has 108 valence electrons. The molecular formula is C14H36B2N2. The summed E-state index contributed by atoms with van der Waals surface area (Å²) in [5, 5.41) is 5.19. The zero-order valence-corrected chi connectivity index (χ0v) is 13.4. The molecular weight excluding hydrogens is 218 g/mol. The fourth-order valence-electron chi connectivity index (χ4n) is 4.29. The van der Waals surface area contributed by atoms with Crippen LogP contribution in [0.3, 0.4) is 0 Å². The molecule has 0 aliphatic carbocycles. The van der Waals surface area contributed by atoms with E-state index in [0.29, 0.717) is 0 Å². The van der Waals surface area contributed by atoms with Crippen LogP contribution in [0.15, 0.2) is 0 Å². The summed E-state index contributed by atoms with van der Waals surface area (Å²) >= 11 is 0. The molecule has 2 aliphatic rings. The van der Waals surface area contributed by atoms with Crippen molar-refractivity contribution in [1.82, 2.24) is 0 Å². The minimum Gasteiger partial charge on any atom is -0.537 e. The van der Waals surface area contributed by atoms with Crippen molar-refractivity contribution in [1.29, 1.82) is 0 Å². The summed E-state index contributed by atoms with van der Waals surface area (Å²) in [6.07, 6.45) is 11.7. The van der Waals surface area contributed by atoms with Gasteiger partial charge in [-0.2, -0.15) is 0 Å². The van der Waals surface area contributed by atoms with E-state index in [1.807, 2.05) is 0 Å². The average molecular weight is 254 g/mol. The largest absolute Gasteiger partial charge is 0.537 e. The summed E-state index contributed by atoms with van der Waals surface area (Å²) in [6, 6.07) is 0. The maximum atomic E-state index is 2.60. The molecule has 0 amide bonds. The molecule has 2 fully saturated rings. The Morgan fingerprint density at radius 3 is 1.11 bits per heavy atom. The Labute approximate surface area is 115 Å². The van der Waals surface area contributed by atoms with Crippen LogP contribution in [0.25, 0.3) is 0 Å². The molecule has 0 radical (unpaired) electrons. The van der Waals surface area contributed by atoms with Crippen molar-refractivity contribution < 1.29 is 10.5 Å². The van der Waals surface area contributed by atoms with Gasteiger partial charge in [0.15, 0.2) is 0 Å². The van der Waals surface area contributed by atoms with Gasteiger partial charge in [-0.25, -0.2) is 0 Å². The highest BCUT2D eigenvalue weighted by Gasteiger charge is 2.31. The lowest BCUT2D eigenvalue weighted by Crippen LogP contribution is -2.96. The Kier molecular flexibility index (Phi) is 6.79. The molecule has 18 heavy (non-hydrogen) atoms. The van der Waals surface area contributed by atoms with Gasteiger partial charge in [0, 0.05) is 13.1 Å². The summed E-state index contributed by atoms with van der Waals surface area (Å²) in [7, 11) is 0. The van der Waals surface area contributed by atoms with Crippen LogP contribution in [-0.4, -0.2) is 25.7 Å². The Balaban J connectivity index is 0.000000180. The third-order valence-corrected chi connectivity index (χ3v) is 6.55. The average Bonchev–Trinajstić information content (AvgIpc) is 3.10. The maximum Gasteiger partial charge on any atom is 0.206 e. The fourth-order valence-corrected chi connectivity index (χ4v) is 4.29. The topological polar surface area (TPSA) is 33.2 Å². The summed E-state index contributed by atoms with van der Waals surface area (Å²) in [5.41, 5.74) is 0. The fraction of sp³-hybridized carbons (Fsp3) is 1.00. The van der Waals surface area contributed by atoms with Gasteiger partial charge in [0.2, 0.25) is 12.6 Å². The maximum absolute atomic E-state index is 2.60. The van der Waals surface area contributed by atoms with Crippen molar-refractivity contribution >= 4 is 12.6 Å². The summed E-state index contributed by atoms with van der Waals surface area (Å²) < 4.78 is 0. The predicted molar refractivity (Wildman–Crippen MR) is 85.9 cm³/mol. The molecule has 2 aliphatic heterocycles. The van der Waals surface area contributed by atoms with Crippen molar-refractivity contribution in [2.75, 3.05) is 13.1 Å². The highest BCUT2D eigenvalue weighted by molar-refractivity contribution is 6.71. The van der Waals surface area contributed by atoms with Crippen LogP contribution < -0.4 is 10.5 Å². The molecule has 0 spiro atoms. The molecule has 2 rings (SSSR count). The lowest BCUT2D eigenvalue weighted by atomic mass is 9.31. The van der Waals surface area contributed by atoms with E-state index in [1.54, 1.807) is 0 Å². The highest BCUT2D eigenvalue weighted by atomic mass is 14.8. The van der Waals surface area contributed by atoms with Crippen LogP contribution in [0, 0.1) is 0 Å². The van der Waals surface area contributed by atoms with Gasteiger partial charge in [-0.15, -0.1) is 37.9 Å². The summed E-state index contributed by atoms with van der Waals surface area (Å²) in [6.45, 7) is 12.1. The molecule has 0 aromatic carbocycles. The Morgan fingerprint density at radius 2 is 1.00 bits per heavy atom. The van der Waals surface area contributed by atoms with Crippen LogP contribution in [0.5, 0.6) is 0 Å². The second-order valence-corrected chi connectivity index (χ2v) is 7.11. The molecule has 2 heterocycles. The predicted octanol–water partition coefficient (Wildman–Crippen LogP) is 1.88. The Morgan fingerprint density at radius 1 is 0.667 bits per heavy atom. The molecule has 2 saturated heterocycles. The van der Waals surface area contributed by atoms with Crippen molar-refractivity contribution in [3.63, 3.8) is 0 Å². The minimum atomic E-state index is 0.0417. The number of rotatable bonds is 4. The second-order valence-electron chi connectivity index (χ2n) is 7.11. The first-order valence-electron chi connectivity index (χ1n) is 8.76. The van der Waals surface area contributed by atoms with Gasteiger partial charge in [0.1, 0.15) is 0 Å². The van der Waals surface area contributed by atoms with E-state index in [1.165, 1.54) is 63.9 Å². The molecule has 0 aromatic heterocycles. The Bertz CT molecular complexity index is 186. The van der Waals surface area contributed by atoms with E-state index in [2.05, 4.69) is 38.2 Å². The first-order chi connectivity index (χ1) is 8.66. The summed E-state index contributed by atoms with van der Waals surface area (Å²) in [5.74, 6) is 0. The van der Waals surface area contributed by atoms with Crippen LogP contribution in [0.4, 0.5) is 0 Å². The van der Waals surface area contributed by atoms with Crippen molar-refractivity contribution in [2.45, 2.75) is 78.5 Å². The zero-order valence-electron chi connectivity index (χ0n) is 13.4. The normalized spacial score (nSPS) is 24.7. The zero-order chi connectivity index (χ0) is 13.5. The van der Waals surface area contributed by atoms with Crippen molar-refractivity contribution in [2.24, 2.45) is 0 Å². The third kappa shape index (κ3) is 4.03. The smallest absolute Gasteiger partial charge is 0.206 e. The van der Waals surface area contributed by atoms with Gasteiger partial charge in [0.05, 0.1) is 0 Å². The van der Waals surface area contributed by atoms with Gasteiger partial charge < -0.3 is 10.5 Å². The molecule has 2 nitrogen and oxygen atoms in total. The Hall–Kier alpha value is 0.0499. The molecule has 0 aromatic rings. The van der Waals surface area contributed by atoms with Crippen molar-refractivity contribution in [3.05, 3.63) is 0 Å². The van der Waals surface area contributed by atoms with E-state index in [4.69, 9.17) is 0 Å². The van der Waals surface area contributed by atoms with Crippen LogP contribution in [0.2, 0.25) is 37.9 Å². The SMILES string of the molecule is CC[B-]1(CC)CCC[NH2+]1.CC[B-]1(CC)CCC[NH2+]1.